The van der Waals surface area contributed by atoms with Gasteiger partial charge in [0, 0.05) is 36.8 Å². The summed E-state index contributed by atoms with van der Waals surface area (Å²) >= 11 is 0. The van der Waals surface area contributed by atoms with Crippen molar-refractivity contribution in [1.82, 2.24) is 10.2 Å². The summed E-state index contributed by atoms with van der Waals surface area (Å²) in [6.45, 7) is 6.19. The maximum absolute atomic E-state index is 11.9. The van der Waals surface area contributed by atoms with Crippen molar-refractivity contribution >= 4 is 11.7 Å². The molecule has 4 rings (SSSR count). The number of urea groups is 1. The van der Waals surface area contributed by atoms with Crippen LogP contribution in [0.5, 0.6) is 0 Å². The van der Waals surface area contributed by atoms with Crippen LogP contribution in [0, 0.1) is 5.92 Å². The summed E-state index contributed by atoms with van der Waals surface area (Å²) in [7, 11) is 2.11. The molecule has 1 aliphatic heterocycles. The van der Waals surface area contributed by atoms with Gasteiger partial charge in [-0.1, -0.05) is 73.7 Å². The van der Waals surface area contributed by atoms with Crippen LogP contribution >= 0.6 is 0 Å². The second-order valence-corrected chi connectivity index (χ2v) is 9.61. The molecule has 7 heteroatoms. The smallest absolute Gasteiger partial charge is 0.319 e. The first kappa shape index (κ1) is 26.8. The molecular formula is C30H37N3O4. The van der Waals surface area contributed by atoms with Gasteiger partial charge in [-0.25, -0.2) is 4.79 Å². The van der Waals surface area contributed by atoms with E-state index in [2.05, 4.69) is 53.8 Å². The lowest BCUT2D eigenvalue weighted by Crippen LogP contribution is -2.43. The molecule has 196 valence electrons. The Morgan fingerprint density at radius 1 is 0.919 bits per heavy atom. The molecule has 2 amide bonds. The molecule has 0 aliphatic carbocycles. The van der Waals surface area contributed by atoms with E-state index in [0.717, 1.165) is 29.8 Å². The molecule has 1 heterocycles. The number of hydrogen-bond acceptors (Lipinski definition) is 5. The zero-order valence-electron chi connectivity index (χ0n) is 21.8. The number of carbonyl (C=O) groups is 1. The normalized spacial score (nSPS) is 21.5. The summed E-state index contributed by atoms with van der Waals surface area (Å²) in [5.74, 6) is 0.105. The van der Waals surface area contributed by atoms with Crippen molar-refractivity contribution in [2.75, 3.05) is 25.5 Å². The first-order chi connectivity index (χ1) is 18.0. The van der Waals surface area contributed by atoms with Crippen molar-refractivity contribution in [1.29, 1.82) is 0 Å². The number of nitrogens with zero attached hydrogens (tertiary/aromatic N) is 1. The summed E-state index contributed by atoms with van der Waals surface area (Å²) in [4.78, 5) is 14.1. The van der Waals surface area contributed by atoms with Crippen LogP contribution in [0.15, 0.2) is 78.9 Å². The number of nitrogens with one attached hydrogen (secondary N) is 2. The molecular weight excluding hydrogens is 466 g/mol. The average molecular weight is 504 g/mol. The van der Waals surface area contributed by atoms with Crippen LogP contribution in [0.1, 0.15) is 48.5 Å². The molecule has 4 atom stereocenters. The zero-order valence-corrected chi connectivity index (χ0v) is 21.8. The Morgan fingerprint density at radius 2 is 1.59 bits per heavy atom. The van der Waals surface area contributed by atoms with Gasteiger partial charge in [0.1, 0.15) is 0 Å². The van der Waals surface area contributed by atoms with Crippen molar-refractivity contribution in [2.24, 2.45) is 5.92 Å². The molecule has 4 unspecified atom stereocenters. The second kappa shape index (κ2) is 12.8. The molecule has 0 aromatic heterocycles. The largest absolute Gasteiger partial charge is 0.392 e. The van der Waals surface area contributed by atoms with Crippen LogP contribution in [-0.2, 0) is 22.6 Å². The van der Waals surface area contributed by atoms with Crippen LogP contribution in [0.3, 0.4) is 0 Å². The number of carbonyl (C=O) groups excluding carboxylic acids is 1. The minimum absolute atomic E-state index is 0.0106. The van der Waals surface area contributed by atoms with Crippen molar-refractivity contribution < 1.29 is 19.4 Å². The fraction of sp³-hybridized carbons (Fsp3) is 0.367. The second-order valence-electron chi connectivity index (χ2n) is 9.61. The standard InChI is InChI=1S/C30H37N3O4/c1-4-31-30(35)32-26-16-14-25(15-17-26)29-36-27(19-33(3)18-22-8-6-5-7-9-22)21(2)28(37-29)24-12-10-23(20-34)11-13-24/h5-17,21,27-29,34H,4,18-20H2,1-3H3,(H2,31,32,35). The number of ether oxygens (including phenoxy) is 2. The van der Waals surface area contributed by atoms with E-state index in [1.165, 1.54) is 5.56 Å². The molecule has 0 bridgehead atoms. The van der Waals surface area contributed by atoms with Gasteiger partial charge in [0.25, 0.3) is 0 Å². The summed E-state index contributed by atoms with van der Waals surface area (Å²) in [6, 6.07) is 25.7. The van der Waals surface area contributed by atoms with Crippen LogP contribution < -0.4 is 10.6 Å². The van der Waals surface area contributed by atoms with E-state index in [1.54, 1.807) is 0 Å². The molecule has 3 N–H and O–H groups in total. The molecule has 3 aromatic rings. The Labute approximate surface area is 219 Å². The predicted molar refractivity (Wildman–Crippen MR) is 145 cm³/mol. The van der Waals surface area contributed by atoms with E-state index >= 15 is 0 Å². The number of aliphatic hydroxyl groups is 1. The number of likely N-dealkylation sites (N-methyl/N-ethyl adjacent to an activating group) is 1. The highest BCUT2D eigenvalue weighted by molar-refractivity contribution is 5.89. The lowest BCUT2D eigenvalue weighted by molar-refractivity contribution is -0.276. The van der Waals surface area contributed by atoms with Gasteiger partial charge in [-0.3, -0.25) is 4.90 Å². The lowest BCUT2D eigenvalue weighted by atomic mass is 9.90. The molecule has 0 spiro atoms. The minimum atomic E-state index is -0.549. The lowest BCUT2D eigenvalue weighted by Gasteiger charge is -2.42. The van der Waals surface area contributed by atoms with Gasteiger partial charge in [0.2, 0.25) is 0 Å². The van der Waals surface area contributed by atoms with Gasteiger partial charge >= 0.3 is 6.03 Å². The molecule has 7 nitrogen and oxygen atoms in total. The van der Waals surface area contributed by atoms with Crippen LogP contribution in [0.25, 0.3) is 0 Å². The van der Waals surface area contributed by atoms with E-state index in [0.29, 0.717) is 12.2 Å². The first-order valence-corrected chi connectivity index (χ1v) is 12.8. The van der Waals surface area contributed by atoms with E-state index < -0.39 is 6.29 Å². The molecule has 0 radical (unpaired) electrons. The molecule has 1 fully saturated rings. The molecule has 1 saturated heterocycles. The van der Waals surface area contributed by atoms with Gasteiger partial charge in [-0.2, -0.15) is 0 Å². The van der Waals surface area contributed by atoms with Gasteiger partial charge in [0.15, 0.2) is 6.29 Å². The summed E-state index contributed by atoms with van der Waals surface area (Å²) in [6.07, 6.45) is -0.787. The van der Waals surface area contributed by atoms with Crippen molar-refractivity contribution in [2.45, 2.75) is 45.5 Å². The fourth-order valence-electron chi connectivity index (χ4n) is 4.65. The van der Waals surface area contributed by atoms with Crippen LogP contribution in [0.4, 0.5) is 10.5 Å². The predicted octanol–water partition coefficient (Wildman–Crippen LogP) is 5.24. The summed E-state index contributed by atoms with van der Waals surface area (Å²) in [5, 5.41) is 15.0. The van der Waals surface area contributed by atoms with E-state index in [4.69, 9.17) is 9.47 Å². The highest BCUT2D eigenvalue weighted by Crippen LogP contribution is 2.42. The topological polar surface area (TPSA) is 83.1 Å². The Kier molecular flexibility index (Phi) is 9.30. The number of rotatable bonds is 9. The number of anilines is 1. The minimum Gasteiger partial charge on any atom is -0.392 e. The number of amides is 2. The van der Waals surface area contributed by atoms with Crippen LogP contribution in [-0.4, -0.2) is 42.3 Å². The maximum atomic E-state index is 11.9. The number of aliphatic hydroxyl groups excluding tert-OH is 1. The first-order valence-electron chi connectivity index (χ1n) is 12.8. The summed E-state index contributed by atoms with van der Waals surface area (Å²) < 4.78 is 13.1. The highest BCUT2D eigenvalue weighted by Gasteiger charge is 2.38. The highest BCUT2D eigenvalue weighted by atomic mass is 16.7. The van der Waals surface area contributed by atoms with Crippen molar-refractivity contribution in [3.05, 3.63) is 101 Å². The fourth-order valence-corrected chi connectivity index (χ4v) is 4.65. The Hall–Kier alpha value is -3.23. The van der Waals surface area contributed by atoms with Gasteiger partial charge < -0.3 is 25.2 Å². The molecule has 3 aromatic carbocycles. The van der Waals surface area contributed by atoms with Crippen LogP contribution in [0.2, 0.25) is 0 Å². The monoisotopic (exact) mass is 503 g/mol. The quantitative estimate of drug-likeness (QED) is 0.372. The Morgan fingerprint density at radius 3 is 2.24 bits per heavy atom. The third-order valence-corrected chi connectivity index (χ3v) is 6.69. The Balaban J connectivity index is 1.53. The molecule has 1 aliphatic rings. The van der Waals surface area contributed by atoms with Crippen molar-refractivity contribution in [3.8, 4) is 0 Å². The van der Waals surface area contributed by atoms with Crippen molar-refractivity contribution in [3.63, 3.8) is 0 Å². The third-order valence-electron chi connectivity index (χ3n) is 6.69. The number of benzene rings is 3. The molecule has 0 saturated carbocycles. The van der Waals surface area contributed by atoms with E-state index in [1.807, 2.05) is 61.5 Å². The number of hydrogen-bond donors (Lipinski definition) is 3. The maximum Gasteiger partial charge on any atom is 0.319 e. The van der Waals surface area contributed by atoms with E-state index in [9.17, 15) is 9.90 Å². The van der Waals surface area contributed by atoms with Gasteiger partial charge in [0.05, 0.1) is 18.8 Å². The van der Waals surface area contributed by atoms with E-state index in [-0.39, 0.29) is 30.8 Å². The molecule has 37 heavy (non-hydrogen) atoms. The SMILES string of the molecule is CCNC(=O)Nc1ccc(C2OC(CN(C)Cc3ccccc3)C(C)C(c3ccc(CO)cc3)O2)cc1. The zero-order chi connectivity index (χ0) is 26.2. The van der Waals surface area contributed by atoms with Gasteiger partial charge in [-0.15, -0.1) is 0 Å². The average Bonchev–Trinajstić information content (AvgIpc) is 2.91. The Bertz CT molecular complexity index is 1120. The van der Waals surface area contributed by atoms with Gasteiger partial charge in [-0.05, 0) is 42.8 Å². The third kappa shape index (κ3) is 7.17. The summed E-state index contributed by atoms with van der Waals surface area (Å²) in [5.41, 5.74) is 4.78.